The van der Waals surface area contributed by atoms with Crippen LogP contribution in [0.2, 0.25) is 0 Å². The summed E-state index contributed by atoms with van der Waals surface area (Å²) in [5.74, 6) is 1.95. The lowest BCUT2D eigenvalue weighted by molar-refractivity contribution is 0.114. The maximum atomic E-state index is 2.63. The molecule has 1 fully saturated rings. The van der Waals surface area contributed by atoms with Crippen LogP contribution in [0, 0.1) is 17.8 Å². The van der Waals surface area contributed by atoms with Crippen molar-refractivity contribution >= 4 is 53.1 Å². The highest BCUT2D eigenvalue weighted by atomic mass is 32.1. The Hall–Kier alpha value is -5.50. The largest absolute Gasteiger partial charge is 0.135 e. The fourth-order valence-electron chi connectivity index (χ4n) is 11.4. The zero-order valence-corrected chi connectivity index (χ0v) is 32.6. The fourth-order valence-corrected chi connectivity index (χ4v) is 12.6. The fraction of sp³-hybridized carbons (Fsp3) is 0.185. The van der Waals surface area contributed by atoms with Gasteiger partial charge in [-0.15, -0.1) is 11.3 Å². The molecule has 1 heterocycles. The van der Waals surface area contributed by atoms with E-state index < -0.39 is 0 Å². The van der Waals surface area contributed by atoms with Gasteiger partial charge in [-0.05, 0) is 126 Å². The quantitative estimate of drug-likeness (QED) is 0.159. The van der Waals surface area contributed by atoms with E-state index in [-0.39, 0.29) is 5.41 Å². The second-order valence-corrected chi connectivity index (χ2v) is 17.6. The summed E-state index contributed by atoms with van der Waals surface area (Å²) in [5, 5.41) is 7.94. The van der Waals surface area contributed by atoms with Crippen molar-refractivity contribution in [1.82, 2.24) is 0 Å². The van der Waals surface area contributed by atoms with Crippen LogP contribution in [0.4, 0.5) is 0 Å². The Morgan fingerprint density at radius 1 is 0.473 bits per heavy atom. The van der Waals surface area contributed by atoms with Crippen LogP contribution >= 0.6 is 11.3 Å². The van der Waals surface area contributed by atoms with Crippen molar-refractivity contribution in [3.8, 4) is 44.5 Å². The zero-order valence-electron chi connectivity index (χ0n) is 31.8. The maximum absolute atomic E-state index is 2.63. The Bertz CT molecular complexity index is 2900. The predicted octanol–water partition coefficient (Wildman–Crippen LogP) is 15.7. The number of fused-ring (bicyclic) bond motifs is 10. The summed E-state index contributed by atoms with van der Waals surface area (Å²) < 4.78 is 2.69. The lowest BCUT2D eigenvalue weighted by atomic mass is 9.53. The molecule has 0 amide bonds. The lowest BCUT2D eigenvalue weighted by Crippen LogP contribution is -2.45. The predicted molar refractivity (Wildman–Crippen MR) is 238 cm³/mol. The average Bonchev–Trinajstić information content (AvgIpc) is 3.74. The highest BCUT2D eigenvalue weighted by Crippen LogP contribution is 2.62. The van der Waals surface area contributed by atoms with Gasteiger partial charge < -0.3 is 0 Å². The summed E-state index contributed by atoms with van der Waals surface area (Å²) in [5.41, 5.74) is 13.8. The number of rotatable bonds is 4. The van der Waals surface area contributed by atoms with Gasteiger partial charge in [-0.2, -0.15) is 0 Å². The van der Waals surface area contributed by atoms with Gasteiger partial charge in [0.2, 0.25) is 0 Å². The van der Waals surface area contributed by atoms with Crippen molar-refractivity contribution in [3.63, 3.8) is 0 Å². The topological polar surface area (TPSA) is 0 Å². The van der Waals surface area contributed by atoms with Gasteiger partial charge in [-0.25, -0.2) is 0 Å². The molecule has 1 aromatic heterocycles. The lowest BCUT2D eigenvalue weighted by Gasteiger charge is -2.50. The Morgan fingerprint density at radius 3 is 1.73 bits per heavy atom. The van der Waals surface area contributed by atoms with E-state index in [1.165, 1.54) is 105 Å². The van der Waals surface area contributed by atoms with Crippen molar-refractivity contribution < 1.29 is 0 Å². The molecule has 4 atom stereocenters. The summed E-state index contributed by atoms with van der Waals surface area (Å²) in [6.07, 6.45) is 3.76. The van der Waals surface area contributed by atoms with Gasteiger partial charge >= 0.3 is 0 Å². The molecule has 9 aromatic rings. The summed E-state index contributed by atoms with van der Waals surface area (Å²) in [4.78, 5) is 0. The van der Waals surface area contributed by atoms with Crippen molar-refractivity contribution in [2.24, 2.45) is 17.8 Å². The monoisotopic (exact) mass is 724 g/mol. The van der Waals surface area contributed by atoms with Gasteiger partial charge in [0.15, 0.2) is 0 Å². The first-order chi connectivity index (χ1) is 27.0. The molecule has 0 bridgehead atoms. The van der Waals surface area contributed by atoms with Crippen LogP contribution in [-0.2, 0) is 5.41 Å². The molecular weight excluding hydrogens is 681 g/mol. The smallest absolute Gasteiger partial charge is 0.0361 e. The SMILES string of the molecule is CCC1CC(C)CC(C)C12c1ccccc1-c1ccc(-c3c4ccccc4c(-c4ccc(-c5ccc6c(c5)sc5ccccc56)cc4)c4ccccc34)cc12. The normalized spacial score (nSPS) is 20.5. The maximum Gasteiger partial charge on any atom is 0.0361 e. The van der Waals surface area contributed by atoms with E-state index in [2.05, 4.69) is 178 Å². The molecule has 4 unspecified atom stereocenters. The molecule has 0 radical (unpaired) electrons. The van der Waals surface area contributed by atoms with Crippen LogP contribution in [0.25, 0.3) is 86.2 Å². The second kappa shape index (κ2) is 12.5. The number of thiophene rings is 1. The van der Waals surface area contributed by atoms with Crippen LogP contribution in [0.3, 0.4) is 0 Å². The van der Waals surface area contributed by atoms with Crippen molar-refractivity contribution in [2.45, 2.75) is 45.4 Å². The van der Waals surface area contributed by atoms with Gasteiger partial charge in [0.05, 0.1) is 0 Å². The van der Waals surface area contributed by atoms with E-state index in [1.807, 2.05) is 11.3 Å². The molecule has 2 aliphatic carbocycles. The Labute approximate surface area is 328 Å². The highest BCUT2D eigenvalue weighted by molar-refractivity contribution is 7.25. The van der Waals surface area contributed by atoms with Gasteiger partial charge in [-0.1, -0.05) is 167 Å². The molecule has 8 aromatic carbocycles. The van der Waals surface area contributed by atoms with E-state index in [1.54, 1.807) is 11.1 Å². The molecule has 1 heteroatoms. The first-order valence-electron chi connectivity index (χ1n) is 20.2. The third kappa shape index (κ3) is 4.76. The second-order valence-electron chi connectivity index (χ2n) is 16.5. The van der Waals surface area contributed by atoms with Gasteiger partial charge in [0, 0.05) is 25.6 Å². The van der Waals surface area contributed by atoms with Gasteiger partial charge in [0.25, 0.3) is 0 Å². The molecule has 266 valence electrons. The molecule has 2 aliphatic rings. The third-order valence-corrected chi connectivity index (χ3v) is 14.7. The van der Waals surface area contributed by atoms with Crippen molar-refractivity contribution in [1.29, 1.82) is 0 Å². The van der Waals surface area contributed by atoms with E-state index >= 15 is 0 Å². The Balaban J connectivity index is 1.08. The summed E-state index contributed by atoms with van der Waals surface area (Å²) in [6, 6.07) is 60.1. The van der Waals surface area contributed by atoms with E-state index in [0.717, 1.165) is 5.92 Å². The van der Waals surface area contributed by atoms with E-state index in [0.29, 0.717) is 11.8 Å². The first-order valence-corrected chi connectivity index (χ1v) is 21.1. The minimum Gasteiger partial charge on any atom is -0.135 e. The van der Waals surface area contributed by atoms with Crippen LogP contribution in [0.1, 0.15) is 51.2 Å². The van der Waals surface area contributed by atoms with Gasteiger partial charge in [0.1, 0.15) is 0 Å². The molecule has 0 saturated heterocycles. The van der Waals surface area contributed by atoms with Crippen LogP contribution < -0.4 is 0 Å². The average molecular weight is 725 g/mol. The molecule has 0 N–H and O–H groups in total. The minimum absolute atomic E-state index is 0.0397. The highest BCUT2D eigenvalue weighted by Gasteiger charge is 2.53. The molecule has 11 rings (SSSR count). The number of hydrogen-bond donors (Lipinski definition) is 0. The Kier molecular flexibility index (Phi) is 7.49. The van der Waals surface area contributed by atoms with Crippen LogP contribution in [0.5, 0.6) is 0 Å². The van der Waals surface area contributed by atoms with E-state index in [9.17, 15) is 0 Å². The standard InChI is InChI=1S/C54H44S/c1-4-39-30-33(2)29-34(3)54(39)48-19-11-9-13-40(48)41-27-26-38(31-49(41)54)53-46-17-7-5-15-44(46)52(45-16-6-8-18-47(45)53)36-23-21-35(22-24-36)37-25-28-43-42-14-10-12-20-50(42)55-51(43)32-37/h5-28,31-34,39H,4,29-30H2,1-3H3. The molecule has 1 spiro atoms. The molecule has 55 heavy (non-hydrogen) atoms. The van der Waals surface area contributed by atoms with Crippen LogP contribution in [-0.4, -0.2) is 0 Å². The van der Waals surface area contributed by atoms with E-state index in [4.69, 9.17) is 0 Å². The number of benzene rings is 8. The number of hydrogen-bond acceptors (Lipinski definition) is 1. The van der Waals surface area contributed by atoms with Crippen molar-refractivity contribution in [2.75, 3.05) is 0 Å². The Morgan fingerprint density at radius 2 is 1.02 bits per heavy atom. The zero-order chi connectivity index (χ0) is 36.8. The minimum atomic E-state index is 0.0397. The summed E-state index contributed by atoms with van der Waals surface area (Å²) in [6.45, 7) is 7.45. The molecule has 0 nitrogen and oxygen atoms in total. The molecular formula is C54H44S. The van der Waals surface area contributed by atoms with Crippen molar-refractivity contribution in [3.05, 3.63) is 169 Å². The van der Waals surface area contributed by atoms with Crippen LogP contribution in [0.15, 0.2) is 158 Å². The molecule has 0 aliphatic heterocycles. The van der Waals surface area contributed by atoms with Gasteiger partial charge in [-0.3, -0.25) is 0 Å². The molecule has 1 saturated carbocycles. The third-order valence-electron chi connectivity index (χ3n) is 13.6. The first kappa shape index (κ1) is 32.9. The summed E-state index contributed by atoms with van der Waals surface area (Å²) in [7, 11) is 0. The summed E-state index contributed by atoms with van der Waals surface area (Å²) >= 11 is 1.88.